The van der Waals surface area contributed by atoms with Crippen LogP contribution in [0.3, 0.4) is 0 Å². The van der Waals surface area contributed by atoms with E-state index in [0.29, 0.717) is 28.5 Å². The average Bonchev–Trinajstić information content (AvgIpc) is 3.21. The number of alkyl halides is 3. The minimum atomic E-state index is -4.78. The third-order valence-electron chi connectivity index (χ3n) is 4.69. The lowest BCUT2D eigenvalue weighted by atomic mass is 10.0. The Bertz CT molecular complexity index is 1040. The molecule has 0 spiro atoms. The predicted octanol–water partition coefficient (Wildman–Crippen LogP) is 4.32. The van der Waals surface area contributed by atoms with E-state index >= 15 is 0 Å². The Hall–Kier alpha value is -2.98. The second-order valence-electron chi connectivity index (χ2n) is 6.89. The Labute approximate surface area is 181 Å². The molecule has 1 unspecified atom stereocenters. The van der Waals surface area contributed by atoms with Crippen molar-refractivity contribution in [3.05, 3.63) is 64.7 Å². The molecule has 0 saturated carbocycles. The summed E-state index contributed by atoms with van der Waals surface area (Å²) in [6.45, 7) is 1.90. The molecule has 3 aromatic rings. The summed E-state index contributed by atoms with van der Waals surface area (Å²) in [6.07, 6.45) is -4.27. The van der Waals surface area contributed by atoms with Crippen LogP contribution >= 0.6 is 11.3 Å². The highest BCUT2D eigenvalue weighted by atomic mass is 32.1. The van der Waals surface area contributed by atoms with E-state index in [0.717, 1.165) is 11.1 Å². The van der Waals surface area contributed by atoms with Crippen LogP contribution in [-0.2, 0) is 17.8 Å². The topological polar surface area (TPSA) is 81.3 Å². The molecule has 2 N–H and O–H groups in total. The molecular formula is C21H21F3N4O2S. The van der Waals surface area contributed by atoms with Gasteiger partial charge in [-0.3, -0.25) is 4.79 Å². The number of benzene rings is 2. The van der Waals surface area contributed by atoms with E-state index < -0.39 is 6.36 Å². The van der Waals surface area contributed by atoms with Crippen LogP contribution in [-0.4, -0.2) is 34.4 Å². The summed E-state index contributed by atoms with van der Waals surface area (Å²) in [5.74, 6) is -0.472. The lowest BCUT2D eigenvalue weighted by Gasteiger charge is -2.25. The number of rotatable bonds is 7. The van der Waals surface area contributed by atoms with Gasteiger partial charge < -0.3 is 15.4 Å². The van der Waals surface area contributed by atoms with Crippen LogP contribution in [0, 0.1) is 0 Å². The van der Waals surface area contributed by atoms with Crippen molar-refractivity contribution in [1.82, 2.24) is 15.1 Å². The van der Waals surface area contributed by atoms with Gasteiger partial charge in [0.05, 0.1) is 6.04 Å². The number of hydrogen-bond acceptors (Lipinski definition) is 6. The summed E-state index contributed by atoms with van der Waals surface area (Å²) in [6, 6.07) is 12.9. The third kappa shape index (κ3) is 6.02. The summed E-state index contributed by atoms with van der Waals surface area (Å²) < 4.78 is 41.5. The zero-order chi connectivity index (χ0) is 22.6. The van der Waals surface area contributed by atoms with Gasteiger partial charge in [0.2, 0.25) is 5.91 Å². The molecule has 0 bridgehead atoms. The predicted molar refractivity (Wildman–Crippen MR) is 111 cm³/mol. The second-order valence-corrected chi connectivity index (χ2v) is 7.90. The van der Waals surface area contributed by atoms with Gasteiger partial charge in [-0.2, -0.15) is 0 Å². The molecule has 2 aromatic carbocycles. The maximum absolute atomic E-state index is 12.5. The molecule has 1 heterocycles. The number of aromatic nitrogens is 2. The van der Waals surface area contributed by atoms with E-state index in [2.05, 4.69) is 14.9 Å². The van der Waals surface area contributed by atoms with Crippen LogP contribution in [0.5, 0.6) is 5.75 Å². The van der Waals surface area contributed by atoms with E-state index in [1.54, 1.807) is 18.0 Å². The van der Waals surface area contributed by atoms with Gasteiger partial charge in [-0.1, -0.05) is 47.7 Å². The summed E-state index contributed by atoms with van der Waals surface area (Å²) in [5.41, 5.74) is 8.08. The average molecular weight is 450 g/mol. The van der Waals surface area contributed by atoms with E-state index in [1.807, 2.05) is 24.3 Å². The molecule has 3 rings (SSSR count). The standard InChI is InChI=1S/C21H21F3N4O2S/c1-13(29)28(2)18(10-14-6-8-15(12-25)9-7-14)20-27-26-19(31-20)16-4-3-5-17(11-16)30-21(22,23)24/h3-9,11,18H,10,12,25H2,1-2H3. The van der Waals surface area contributed by atoms with E-state index in [-0.39, 0.29) is 17.7 Å². The molecule has 164 valence electrons. The van der Waals surface area contributed by atoms with Crippen molar-refractivity contribution in [2.75, 3.05) is 7.05 Å². The number of amides is 1. The normalized spacial score (nSPS) is 12.5. The van der Waals surface area contributed by atoms with Gasteiger partial charge in [-0.05, 0) is 29.7 Å². The molecule has 1 atom stereocenters. The zero-order valence-corrected chi connectivity index (χ0v) is 17.7. The van der Waals surface area contributed by atoms with E-state index in [9.17, 15) is 18.0 Å². The number of likely N-dealkylation sites (N-methyl/N-ethyl adjacent to an activating group) is 1. The van der Waals surface area contributed by atoms with Gasteiger partial charge in [-0.15, -0.1) is 23.4 Å². The van der Waals surface area contributed by atoms with Crippen molar-refractivity contribution in [2.24, 2.45) is 5.73 Å². The highest BCUT2D eigenvalue weighted by Gasteiger charge is 2.31. The van der Waals surface area contributed by atoms with Crippen LogP contribution in [0.1, 0.15) is 29.1 Å². The van der Waals surface area contributed by atoms with E-state index in [1.165, 1.54) is 36.5 Å². The molecule has 10 heteroatoms. The first kappa shape index (κ1) is 22.7. The molecule has 0 aliphatic heterocycles. The largest absolute Gasteiger partial charge is 0.573 e. The molecule has 6 nitrogen and oxygen atoms in total. The fraction of sp³-hybridized carbons (Fsp3) is 0.286. The fourth-order valence-electron chi connectivity index (χ4n) is 2.96. The number of ether oxygens (including phenoxy) is 1. The smallest absolute Gasteiger partial charge is 0.406 e. The van der Waals surface area contributed by atoms with Crippen molar-refractivity contribution in [3.63, 3.8) is 0 Å². The van der Waals surface area contributed by atoms with Gasteiger partial charge in [-0.25, -0.2) is 0 Å². The molecule has 0 radical (unpaired) electrons. The molecule has 31 heavy (non-hydrogen) atoms. The number of carbonyl (C=O) groups is 1. The molecule has 1 amide bonds. The lowest BCUT2D eigenvalue weighted by Crippen LogP contribution is -2.30. The van der Waals surface area contributed by atoms with Crippen molar-refractivity contribution < 1.29 is 22.7 Å². The number of hydrogen-bond donors (Lipinski definition) is 1. The summed E-state index contributed by atoms with van der Waals surface area (Å²) in [4.78, 5) is 13.6. The Kier molecular flexibility index (Phi) is 6.91. The van der Waals surface area contributed by atoms with Gasteiger partial charge in [0.1, 0.15) is 15.8 Å². The monoisotopic (exact) mass is 450 g/mol. The van der Waals surface area contributed by atoms with Crippen LogP contribution in [0.4, 0.5) is 13.2 Å². The SMILES string of the molecule is CC(=O)N(C)C(Cc1ccc(CN)cc1)c1nnc(-c2cccc(OC(F)(F)F)c2)s1. The number of halogens is 3. The Morgan fingerprint density at radius 1 is 1.16 bits per heavy atom. The van der Waals surface area contributed by atoms with Gasteiger partial charge in [0.25, 0.3) is 0 Å². The van der Waals surface area contributed by atoms with Crippen LogP contribution in [0.2, 0.25) is 0 Å². The summed E-state index contributed by atoms with van der Waals surface area (Å²) in [7, 11) is 1.68. The second kappa shape index (κ2) is 9.44. The maximum Gasteiger partial charge on any atom is 0.573 e. The zero-order valence-electron chi connectivity index (χ0n) is 16.9. The Balaban J connectivity index is 1.88. The quantitative estimate of drug-likeness (QED) is 0.580. The highest BCUT2D eigenvalue weighted by molar-refractivity contribution is 7.14. The van der Waals surface area contributed by atoms with Crippen molar-refractivity contribution in [3.8, 4) is 16.3 Å². The number of carbonyl (C=O) groups excluding carboxylic acids is 1. The fourth-order valence-corrected chi connectivity index (χ4v) is 3.94. The van der Waals surface area contributed by atoms with Crippen LogP contribution < -0.4 is 10.5 Å². The van der Waals surface area contributed by atoms with Gasteiger partial charge in [0, 0.05) is 26.1 Å². The first-order valence-corrected chi connectivity index (χ1v) is 10.2. The van der Waals surface area contributed by atoms with E-state index in [4.69, 9.17) is 5.73 Å². The Morgan fingerprint density at radius 2 is 1.84 bits per heavy atom. The lowest BCUT2D eigenvalue weighted by molar-refractivity contribution is -0.274. The van der Waals surface area contributed by atoms with Crippen molar-refractivity contribution in [2.45, 2.75) is 32.3 Å². The highest BCUT2D eigenvalue weighted by Crippen LogP contribution is 2.33. The van der Waals surface area contributed by atoms with Crippen LogP contribution in [0.15, 0.2) is 48.5 Å². The molecule has 0 saturated heterocycles. The number of nitrogens with zero attached hydrogens (tertiary/aromatic N) is 3. The van der Waals surface area contributed by atoms with Crippen molar-refractivity contribution in [1.29, 1.82) is 0 Å². The molecule has 0 aliphatic carbocycles. The molecule has 0 aliphatic rings. The maximum atomic E-state index is 12.5. The molecule has 1 aromatic heterocycles. The first-order valence-electron chi connectivity index (χ1n) is 9.37. The molecule has 0 fully saturated rings. The molecular weight excluding hydrogens is 429 g/mol. The minimum Gasteiger partial charge on any atom is -0.406 e. The minimum absolute atomic E-state index is 0.138. The van der Waals surface area contributed by atoms with Gasteiger partial charge >= 0.3 is 6.36 Å². The Morgan fingerprint density at radius 3 is 2.45 bits per heavy atom. The van der Waals surface area contributed by atoms with Crippen LogP contribution in [0.25, 0.3) is 10.6 Å². The summed E-state index contributed by atoms with van der Waals surface area (Å²) in [5, 5.41) is 9.37. The van der Waals surface area contributed by atoms with Crippen molar-refractivity contribution >= 4 is 17.2 Å². The first-order chi connectivity index (χ1) is 14.7. The number of nitrogens with two attached hydrogens (primary N) is 1. The van der Waals surface area contributed by atoms with Gasteiger partial charge in [0.15, 0.2) is 0 Å². The third-order valence-corrected chi connectivity index (χ3v) is 5.77. The summed E-state index contributed by atoms with van der Waals surface area (Å²) >= 11 is 1.22.